The Hall–Kier alpha value is -0.500. The van der Waals surface area contributed by atoms with E-state index < -0.39 is 43.1 Å². The summed E-state index contributed by atoms with van der Waals surface area (Å²) in [4.78, 5) is 0. The molecular formula is C12H20O6. The quantitative estimate of drug-likeness (QED) is 0.666. The number of aliphatic hydroxyl groups excluding tert-OH is 2. The summed E-state index contributed by atoms with van der Waals surface area (Å²) in [5, 5.41) is 18.7. The van der Waals surface area contributed by atoms with Gasteiger partial charge in [0, 0.05) is 0 Å². The molecule has 104 valence electrons. The molecule has 2 rings (SSSR count). The molecule has 18 heavy (non-hydrogen) atoms. The molecule has 0 aliphatic carbocycles. The summed E-state index contributed by atoms with van der Waals surface area (Å²) in [6, 6.07) is 0. The van der Waals surface area contributed by atoms with Crippen LogP contribution in [0.15, 0.2) is 12.7 Å². The lowest BCUT2D eigenvalue weighted by atomic mass is 10.1. The highest BCUT2D eigenvalue weighted by molar-refractivity contribution is 4.97. The predicted octanol–water partition coefficient (Wildman–Crippen LogP) is -0.213. The highest BCUT2D eigenvalue weighted by Crippen LogP contribution is 2.39. The van der Waals surface area contributed by atoms with Crippen molar-refractivity contribution in [2.24, 2.45) is 0 Å². The first-order valence-corrected chi connectivity index (χ1v) is 6.01. The maximum atomic E-state index is 9.72. The van der Waals surface area contributed by atoms with E-state index in [0.717, 1.165) is 0 Å². The molecule has 0 saturated carbocycles. The maximum absolute atomic E-state index is 9.72. The minimum absolute atomic E-state index is 0.315. The van der Waals surface area contributed by atoms with Crippen LogP contribution in [0.4, 0.5) is 0 Å². The monoisotopic (exact) mass is 260 g/mol. The van der Waals surface area contributed by atoms with Gasteiger partial charge in [0.1, 0.15) is 24.4 Å². The molecule has 0 spiro atoms. The first-order valence-electron chi connectivity index (χ1n) is 6.01. The Kier molecular flexibility index (Phi) is 4.05. The SMILES string of the molecule is C=CCO[C@H]1[C@@H]2OC(C)(C)O[C@H]2O[C@@H]1C(O)CO. The summed E-state index contributed by atoms with van der Waals surface area (Å²) in [5.41, 5.74) is 0. The van der Waals surface area contributed by atoms with E-state index in [9.17, 15) is 5.11 Å². The summed E-state index contributed by atoms with van der Waals surface area (Å²) in [7, 11) is 0. The van der Waals surface area contributed by atoms with Gasteiger partial charge in [0.05, 0.1) is 13.2 Å². The van der Waals surface area contributed by atoms with E-state index in [1.165, 1.54) is 0 Å². The van der Waals surface area contributed by atoms with Gasteiger partial charge in [-0.2, -0.15) is 0 Å². The van der Waals surface area contributed by atoms with E-state index in [4.69, 9.17) is 24.1 Å². The summed E-state index contributed by atoms with van der Waals surface area (Å²) in [5.74, 6) is -0.736. The Morgan fingerprint density at radius 2 is 2.17 bits per heavy atom. The Labute approximate surface area is 106 Å². The fourth-order valence-electron chi connectivity index (χ4n) is 2.29. The number of ether oxygens (including phenoxy) is 4. The smallest absolute Gasteiger partial charge is 0.190 e. The van der Waals surface area contributed by atoms with Crippen LogP contribution in [-0.2, 0) is 18.9 Å². The van der Waals surface area contributed by atoms with Crippen LogP contribution < -0.4 is 0 Å². The van der Waals surface area contributed by atoms with Crippen LogP contribution in [0.5, 0.6) is 0 Å². The summed E-state index contributed by atoms with van der Waals surface area (Å²) < 4.78 is 22.4. The summed E-state index contributed by atoms with van der Waals surface area (Å²) in [6.45, 7) is 7.07. The second-order valence-electron chi connectivity index (χ2n) is 4.91. The van der Waals surface area contributed by atoms with Gasteiger partial charge in [0.25, 0.3) is 0 Å². The average Bonchev–Trinajstić information content (AvgIpc) is 2.77. The van der Waals surface area contributed by atoms with E-state index in [1.54, 1.807) is 19.9 Å². The van der Waals surface area contributed by atoms with Crippen molar-refractivity contribution in [1.29, 1.82) is 0 Å². The summed E-state index contributed by atoms with van der Waals surface area (Å²) >= 11 is 0. The highest BCUT2D eigenvalue weighted by Gasteiger charge is 2.56. The largest absolute Gasteiger partial charge is 0.394 e. The molecule has 2 saturated heterocycles. The summed E-state index contributed by atoms with van der Waals surface area (Å²) in [6.07, 6.45) is -1.57. The fraction of sp³-hybridized carbons (Fsp3) is 0.833. The van der Waals surface area contributed by atoms with Gasteiger partial charge in [-0.25, -0.2) is 0 Å². The van der Waals surface area contributed by atoms with E-state index >= 15 is 0 Å². The molecule has 2 heterocycles. The second-order valence-corrected chi connectivity index (χ2v) is 4.91. The van der Waals surface area contributed by atoms with E-state index in [-0.39, 0.29) is 0 Å². The Balaban J connectivity index is 2.09. The normalized spacial score (nSPS) is 39.6. The maximum Gasteiger partial charge on any atom is 0.190 e. The van der Waals surface area contributed by atoms with Crippen LogP contribution >= 0.6 is 0 Å². The molecule has 0 aromatic carbocycles. The molecule has 0 aromatic heterocycles. The molecule has 1 unspecified atom stereocenters. The molecule has 0 amide bonds. The third-order valence-electron chi connectivity index (χ3n) is 3.00. The molecule has 5 atom stereocenters. The molecule has 0 bridgehead atoms. The molecular weight excluding hydrogens is 240 g/mol. The van der Waals surface area contributed by atoms with Gasteiger partial charge in [-0.3, -0.25) is 0 Å². The standard InChI is InChI=1S/C12H20O6/c1-4-5-15-9-8(7(14)6-13)16-11-10(9)17-12(2,3)18-11/h4,7-11,13-14H,1,5-6H2,2-3H3/t7?,8-,9-,10+,11-/m1/s1. The zero-order chi connectivity index (χ0) is 13.3. The molecule has 0 radical (unpaired) electrons. The third kappa shape index (κ3) is 2.59. The molecule has 6 nitrogen and oxygen atoms in total. The molecule has 0 aromatic rings. The molecule has 2 fully saturated rings. The topological polar surface area (TPSA) is 77.4 Å². The Morgan fingerprint density at radius 1 is 1.44 bits per heavy atom. The average molecular weight is 260 g/mol. The van der Waals surface area contributed by atoms with Gasteiger partial charge in [-0.15, -0.1) is 6.58 Å². The van der Waals surface area contributed by atoms with E-state index in [0.29, 0.717) is 6.61 Å². The van der Waals surface area contributed by atoms with E-state index in [2.05, 4.69) is 6.58 Å². The lowest BCUT2D eigenvalue weighted by Gasteiger charge is -2.27. The van der Waals surface area contributed by atoms with Crippen LogP contribution in [0.2, 0.25) is 0 Å². The fourth-order valence-corrected chi connectivity index (χ4v) is 2.29. The highest BCUT2D eigenvalue weighted by atomic mass is 16.8. The van der Waals surface area contributed by atoms with Crippen molar-refractivity contribution in [3.05, 3.63) is 12.7 Å². The second kappa shape index (κ2) is 5.24. The zero-order valence-electron chi connectivity index (χ0n) is 10.6. The van der Waals surface area contributed by atoms with Crippen molar-refractivity contribution in [3.8, 4) is 0 Å². The first kappa shape index (κ1) is 13.9. The number of aliphatic hydroxyl groups is 2. The van der Waals surface area contributed by atoms with E-state index in [1.807, 2.05) is 0 Å². The first-order chi connectivity index (χ1) is 8.48. The zero-order valence-corrected chi connectivity index (χ0v) is 10.6. The number of hydrogen-bond acceptors (Lipinski definition) is 6. The minimum Gasteiger partial charge on any atom is -0.394 e. The van der Waals surface area contributed by atoms with Gasteiger partial charge in [-0.1, -0.05) is 6.08 Å². The van der Waals surface area contributed by atoms with Gasteiger partial charge >= 0.3 is 0 Å². The van der Waals surface area contributed by atoms with Crippen LogP contribution in [0.1, 0.15) is 13.8 Å². The number of hydrogen-bond donors (Lipinski definition) is 2. The van der Waals surface area contributed by atoms with Gasteiger partial charge in [-0.05, 0) is 13.8 Å². The third-order valence-corrected chi connectivity index (χ3v) is 3.00. The Bertz CT molecular complexity index is 305. The van der Waals surface area contributed by atoms with Gasteiger partial charge < -0.3 is 29.2 Å². The molecule has 2 N–H and O–H groups in total. The Morgan fingerprint density at radius 3 is 2.78 bits per heavy atom. The van der Waals surface area contributed by atoms with Crippen molar-refractivity contribution in [2.75, 3.05) is 13.2 Å². The predicted molar refractivity (Wildman–Crippen MR) is 61.7 cm³/mol. The molecule has 2 aliphatic rings. The lowest BCUT2D eigenvalue weighted by Crippen LogP contribution is -2.44. The van der Waals surface area contributed by atoms with Crippen LogP contribution in [0.3, 0.4) is 0 Å². The van der Waals surface area contributed by atoms with Crippen LogP contribution in [0, 0.1) is 0 Å². The van der Waals surface area contributed by atoms with Crippen molar-refractivity contribution >= 4 is 0 Å². The molecule has 2 aliphatic heterocycles. The minimum atomic E-state index is -1.03. The van der Waals surface area contributed by atoms with Crippen LogP contribution in [0.25, 0.3) is 0 Å². The molecule has 6 heteroatoms. The van der Waals surface area contributed by atoms with Crippen LogP contribution in [-0.4, -0.2) is 59.9 Å². The van der Waals surface area contributed by atoms with Gasteiger partial charge in [0.2, 0.25) is 0 Å². The van der Waals surface area contributed by atoms with Crippen molar-refractivity contribution < 1.29 is 29.2 Å². The van der Waals surface area contributed by atoms with Crippen molar-refractivity contribution in [2.45, 2.75) is 50.3 Å². The lowest BCUT2D eigenvalue weighted by molar-refractivity contribution is -0.230. The van der Waals surface area contributed by atoms with Crippen molar-refractivity contribution in [1.82, 2.24) is 0 Å². The van der Waals surface area contributed by atoms with Gasteiger partial charge in [0.15, 0.2) is 12.1 Å². The number of rotatable bonds is 5. The number of fused-ring (bicyclic) bond motifs is 1. The van der Waals surface area contributed by atoms with Crippen molar-refractivity contribution in [3.63, 3.8) is 0 Å².